The predicted octanol–water partition coefficient (Wildman–Crippen LogP) is 3.64. The number of amides is 1. The fourth-order valence-corrected chi connectivity index (χ4v) is 3.64. The minimum Gasteiger partial charge on any atom is -0.507 e. The Morgan fingerprint density at radius 3 is 2.50 bits per heavy atom. The van der Waals surface area contributed by atoms with E-state index in [1.807, 2.05) is 49.8 Å². The van der Waals surface area contributed by atoms with Crippen molar-refractivity contribution in [2.45, 2.75) is 6.04 Å². The Kier molecular flexibility index (Phi) is 4.83. The van der Waals surface area contributed by atoms with Gasteiger partial charge in [-0.05, 0) is 48.4 Å². The fraction of sp³-hybridized carbons (Fsp3) is 0.211. The molecule has 3 aromatic rings. The lowest BCUT2D eigenvalue weighted by Crippen LogP contribution is -2.34. The topological polar surface area (TPSA) is 52.6 Å². The number of carbonyl (C=O) groups excluding carboxylic acids is 1. The lowest BCUT2D eigenvalue weighted by molar-refractivity contribution is 0.0940. The van der Waals surface area contributed by atoms with Crippen LogP contribution in [0.1, 0.15) is 21.3 Å². The Morgan fingerprint density at radius 1 is 1.17 bits per heavy atom. The molecule has 0 bridgehead atoms. The highest BCUT2D eigenvalue weighted by Crippen LogP contribution is 2.26. The number of hydrogen-bond acceptors (Lipinski definition) is 4. The number of aromatic hydroxyl groups is 1. The Labute approximate surface area is 145 Å². The summed E-state index contributed by atoms with van der Waals surface area (Å²) in [6.07, 6.45) is 0. The Bertz CT molecular complexity index is 844. The van der Waals surface area contributed by atoms with Crippen molar-refractivity contribution in [3.63, 3.8) is 0 Å². The SMILES string of the molecule is CN(C)[C@H](CNC(=O)c1cc2ccccc2cc1O)c1cccs1. The van der Waals surface area contributed by atoms with Crippen molar-refractivity contribution in [1.82, 2.24) is 10.2 Å². The molecule has 1 heterocycles. The van der Waals surface area contributed by atoms with Gasteiger partial charge in [0, 0.05) is 11.4 Å². The van der Waals surface area contributed by atoms with Crippen molar-refractivity contribution in [3.05, 3.63) is 64.4 Å². The first-order chi connectivity index (χ1) is 11.6. The van der Waals surface area contributed by atoms with E-state index >= 15 is 0 Å². The number of hydrogen-bond donors (Lipinski definition) is 2. The van der Waals surface area contributed by atoms with Crippen LogP contribution in [-0.2, 0) is 0 Å². The van der Waals surface area contributed by atoms with E-state index in [-0.39, 0.29) is 17.7 Å². The van der Waals surface area contributed by atoms with Crippen molar-refractivity contribution in [1.29, 1.82) is 0 Å². The lowest BCUT2D eigenvalue weighted by atomic mass is 10.1. The molecule has 0 radical (unpaired) electrons. The maximum Gasteiger partial charge on any atom is 0.255 e. The number of nitrogens with one attached hydrogen (secondary N) is 1. The summed E-state index contributed by atoms with van der Waals surface area (Å²) in [6.45, 7) is 0.485. The Morgan fingerprint density at radius 2 is 1.88 bits per heavy atom. The molecular weight excluding hydrogens is 320 g/mol. The highest BCUT2D eigenvalue weighted by atomic mass is 32.1. The van der Waals surface area contributed by atoms with Crippen molar-refractivity contribution in [3.8, 4) is 5.75 Å². The zero-order chi connectivity index (χ0) is 17.1. The van der Waals surface area contributed by atoms with Gasteiger partial charge in [-0.3, -0.25) is 4.79 Å². The average molecular weight is 340 g/mol. The number of thiophene rings is 1. The molecular formula is C19H20N2O2S. The normalized spacial score (nSPS) is 12.5. The highest BCUT2D eigenvalue weighted by Gasteiger charge is 2.18. The molecule has 1 amide bonds. The molecule has 0 aliphatic heterocycles. The molecule has 5 heteroatoms. The Hall–Kier alpha value is -2.37. The zero-order valence-electron chi connectivity index (χ0n) is 13.7. The molecule has 0 spiro atoms. The minimum atomic E-state index is -0.262. The summed E-state index contributed by atoms with van der Waals surface area (Å²) in [5.74, 6) is -0.259. The summed E-state index contributed by atoms with van der Waals surface area (Å²) in [5.41, 5.74) is 0.303. The van der Waals surface area contributed by atoms with Crippen LogP contribution in [0, 0.1) is 0 Å². The first-order valence-electron chi connectivity index (χ1n) is 7.76. The molecule has 3 rings (SSSR count). The fourth-order valence-electron chi connectivity index (χ4n) is 2.71. The second-order valence-electron chi connectivity index (χ2n) is 5.92. The van der Waals surface area contributed by atoms with Crippen LogP contribution in [-0.4, -0.2) is 36.6 Å². The van der Waals surface area contributed by atoms with Crippen molar-refractivity contribution in [2.75, 3.05) is 20.6 Å². The number of phenols is 1. The molecule has 0 fully saturated rings. The smallest absolute Gasteiger partial charge is 0.255 e. The molecule has 0 aliphatic rings. The molecule has 1 atom stereocenters. The van der Waals surface area contributed by atoms with E-state index in [0.717, 1.165) is 10.8 Å². The van der Waals surface area contributed by atoms with Gasteiger partial charge in [0.05, 0.1) is 11.6 Å². The highest BCUT2D eigenvalue weighted by molar-refractivity contribution is 7.10. The van der Waals surface area contributed by atoms with E-state index < -0.39 is 0 Å². The first kappa shape index (κ1) is 16.5. The summed E-state index contributed by atoms with van der Waals surface area (Å²) < 4.78 is 0. The molecule has 1 aromatic heterocycles. The first-order valence-corrected chi connectivity index (χ1v) is 8.64. The van der Waals surface area contributed by atoms with Gasteiger partial charge in [-0.2, -0.15) is 0 Å². The van der Waals surface area contributed by atoms with Crippen LogP contribution in [0.5, 0.6) is 5.75 Å². The molecule has 2 N–H and O–H groups in total. The molecule has 4 nitrogen and oxygen atoms in total. The molecule has 0 saturated heterocycles. The lowest BCUT2D eigenvalue weighted by Gasteiger charge is -2.23. The monoisotopic (exact) mass is 340 g/mol. The largest absolute Gasteiger partial charge is 0.507 e. The zero-order valence-corrected chi connectivity index (χ0v) is 14.5. The summed E-state index contributed by atoms with van der Waals surface area (Å²) in [6, 6.07) is 15.2. The van der Waals surface area contributed by atoms with Gasteiger partial charge in [0.2, 0.25) is 0 Å². The average Bonchev–Trinajstić information content (AvgIpc) is 3.08. The number of benzene rings is 2. The number of carbonyl (C=O) groups is 1. The minimum absolute atomic E-state index is 0.00345. The van der Waals surface area contributed by atoms with E-state index in [0.29, 0.717) is 12.1 Å². The van der Waals surface area contributed by atoms with Gasteiger partial charge in [0.25, 0.3) is 5.91 Å². The molecule has 2 aromatic carbocycles. The summed E-state index contributed by atoms with van der Waals surface area (Å²) in [4.78, 5) is 15.8. The van der Waals surface area contributed by atoms with Crippen LogP contribution in [0.25, 0.3) is 10.8 Å². The number of fused-ring (bicyclic) bond motifs is 1. The second-order valence-corrected chi connectivity index (χ2v) is 6.90. The second kappa shape index (κ2) is 7.03. The summed E-state index contributed by atoms with van der Waals surface area (Å²) in [7, 11) is 3.98. The number of phenolic OH excluding ortho intramolecular Hbond substituents is 1. The van der Waals surface area contributed by atoms with Crippen LogP contribution in [0.15, 0.2) is 53.9 Å². The number of likely N-dealkylation sites (N-methyl/N-ethyl adjacent to an activating group) is 1. The molecule has 124 valence electrons. The third-order valence-corrected chi connectivity index (χ3v) is 5.03. The molecule has 0 aliphatic carbocycles. The molecule has 0 saturated carbocycles. The summed E-state index contributed by atoms with van der Waals surface area (Å²) >= 11 is 1.67. The van der Waals surface area contributed by atoms with Gasteiger partial charge in [-0.15, -0.1) is 11.3 Å². The van der Waals surface area contributed by atoms with Crippen LogP contribution < -0.4 is 5.32 Å². The third kappa shape index (κ3) is 3.42. The standard InChI is InChI=1S/C19H20N2O2S/c1-21(2)16(18-8-5-9-24-18)12-20-19(23)15-10-13-6-3-4-7-14(13)11-17(15)22/h3-11,16,22H,12H2,1-2H3,(H,20,23)/t16-/m1/s1. The van der Waals surface area contributed by atoms with E-state index in [1.165, 1.54) is 4.88 Å². The van der Waals surface area contributed by atoms with Crippen LogP contribution >= 0.6 is 11.3 Å². The molecule has 24 heavy (non-hydrogen) atoms. The Balaban J connectivity index is 1.78. The van der Waals surface area contributed by atoms with Gasteiger partial charge in [0.1, 0.15) is 5.75 Å². The van der Waals surface area contributed by atoms with Gasteiger partial charge in [-0.1, -0.05) is 30.3 Å². The van der Waals surface area contributed by atoms with Crippen molar-refractivity contribution in [2.24, 2.45) is 0 Å². The summed E-state index contributed by atoms with van der Waals surface area (Å²) in [5, 5.41) is 17.0. The van der Waals surface area contributed by atoms with Crippen LogP contribution in [0.4, 0.5) is 0 Å². The quantitative estimate of drug-likeness (QED) is 0.745. The third-order valence-electron chi connectivity index (χ3n) is 4.06. The number of rotatable bonds is 5. The molecule has 0 unspecified atom stereocenters. The van der Waals surface area contributed by atoms with Gasteiger partial charge in [0.15, 0.2) is 0 Å². The maximum atomic E-state index is 12.5. The van der Waals surface area contributed by atoms with E-state index in [1.54, 1.807) is 23.5 Å². The van der Waals surface area contributed by atoms with E-state index in [4.69, 9.17) is 0 Å². The van der Waals surface area contributed by atoms with Gasteiger partial charge in [-0.25, -0.2) is 0 Å². The van der Waals surface area contributed by atoms with Crippen LogP contribution in [0.3, 0.4) is 0 Å². The van der Waals surface area contributed by atoms with Crippen LogP contribution in [0.2, 0.25) is 0 Å². The van der Waals surface area contributed by atoms with Gasteiger partial charge < -0.3 is 15.3 Å². The van der Waals surface area contributed by atoms with E-state index in [9.17, 15) is 9.90 Å². The van der Waals surface area contributed by atoms with Crippen molar-refractivity contribution >= 4 is 28.0 Å². The van der Waals surface area contributed by atoms with Crippen molar-refractivity contribution < 1.29 is 9.90 Å². The van der Waals surface area contributed by atoms with Gasteiger partial charge >= 0.3 is 0 Å². The van der Waals surface area contributed by atoms with E-state index in [2.05, 4.69) is 16.3 Å². The maximum absolute atomic E-state index is 12.5. The predicted molar refractivity (Wildman–Crippen MR) is 98.7 cm³/mol. The number of nitrogens with zero attached hydrogens (tertiary/aromatic N) is 1.